The van der Waals surface area contributed by atoms with Gasteiger partial charge < -0.3 is 5.32 Å². The van der Waals surface area contributed by atoms with E-state index in [1.165, 1.54) is 10.4 Å². The highest BCUT2D eigenvalue weighted by atomic mass is 35.5. The Kier molecular flexibility index (Phi) is 6.45. The molecular weight excluding hydrogens is 364 g/mol. The molecule has 3 nitrogen and oxygen atoms in total. The van der Waals surface area contributed by atoms with E-state index in [0.717, 1.165) is 11.1 Å². The molecule has 1 amide bonds. The van der Waals surface area contributed by atoms with Crippen molar-refractivity contribution < 1.29 is 4.79 Å². The molecule has 0 saturated carbocycles. The van der Waals surface area contributed by atoms with Crippen molar-refractivity contribution in [1.29, 1.82) is 0 Å². The summed E-state index contributed by atoms with van der Waals surface area (Å²) in [5.41, 5.74) is 3.40. The van der Waals surface area contributed by atoms with E-state index in [9.17, 15) is 4.79 Å². The van der Waals surface area contributed by atoms with Crippen LogP contribution in [-0.4, -0.2) is 12.5 Å². The monoisotopic (exact) mass is 384 g/mol. The van der Waals surface area contributed by atoms with Crippen LogP contribution in [0.5, 0.6) is 0 Å². The molecule has 2 N–H and O–H groups in total. The summed E-state index contributed by atoms with van der Waals surface area (Å²) in [7, 11) is 0. The average Bonchev–Trinajstić information content (AvgIpc) is 3.17. The van der Waals surface area contributed by atoms with Gasteiger partial charge >= 0.3 is 0 Å². The minimum atomic E-state index is -0.0337. The van der Waals surface area contributed by atoms with E-state index in [4.69, 9.17) is 11.6 Å². The fourth-order valence-electron chi connectivity index (χ4n) is 2.66. The Morgan fingerprint density at radius 3 is 2.46 bits per heavy atom. The lowest BCUT2D eigenvalue weighted by atomic mass is 10.0. The van der Waals surface area contributed by atoms with Gasteiger partial charge in [0.25, 0.3) is 0 Å². The number of carbonyl (C=O) groups is 1. The van der Waals surface area contributed by atoms with Crippen LogP contribution in [0.3, 0.4) is 0 Å². The zero-order chi connectivity index (χ0) is 18.4. The van der Waals surface area contributed by atoms with Crippen LogP contribution in [-0.2, 0) is 11.3 Å². The van der Waals surface area contributed by atoms with Crippen LogP contribution in [0.15, 0.2) is 66.0 Å². The van der Waals surface area contributed by atoms with E-state index in [0.29, 0.717) is 11.6 Å². The van der Waals surface area contributed by atoms with Crippen molar-refractivity contribution in [3.8, 4) is 0 Å². The average molecular weight is 385 g/mol. The quantitative estimate of drug-likeness (QED) is 0.619. The lowest BCUT2D eigenvalue weighted by Gasteiger charge is -2.18. The molecule has 26 heavy (non-hydrogen) atoms. The predicted octanol–water partition coefficient (Wildman–Crippen LogP) is 4.71. The number of nitrogens with one attached hydrogen (secondary N) is 2. The van der Waals surface area contributed by atoms with Gasteiger partial charge in [-0.2, -0.15) is 0 Å². The van der Waals surface area contributed by atoms with E-state index >= 15 is 0 Å². The largest absolute Gasteiger partial charge is 0.351 e. The summed E-state index contributed by atoms with van der Waals surface area (Å²) in [4.78, 5) is 13.4. The number of amides is 1. The molecule has 3 aromatic rings. The zero-order valence-corrected chi connectivity index (χ0v) is 16.1. The molecule has 0 saturated heterocycles. The van der Waals surface area contributed by atoms with Crippen LogP contribution in [0.1, 0.15) is 27.6 Å². The van der Waals surface area contributed by atoms with Crippen molar-refractivity contribution in [3.63, 3.8) is 0 Å². The maximum atomic E-state index is 12.2. The Bertz CT molecular complexity index is 829. The van der Waals surface area contributed by atoms with Crippen LogP contribution in [0.25, 0.3) is 0 Å². The highest BCUT2D eigenvalue weighted by Crippen LogP contribution is 2.26. The highest BCUT2D eigenvalue weighted by molar-refractivity contribution is 7.10. The second-order valence-corrected chi connectivity index (χ2v) is 7.56. The van der Waals surface area contributed by atoms with E-state index in [1.807, 2.05) is 30.3 Å². The molecular formula is C21H21ClN2OS. The fourth-order valence-corrected chi connectivity index (χ4v) is 3.61. The topological polar surface area (TPSA) is 41.1 Å². The van der Waals surface area contributed by atoms with Gasteiger partial charge in [-0.1, -0.05) is 59.6 Å². The lowest BCUT2D eigenvalue weighted by molar-refractivity contribution is -0.120. The molecule has 0 radical (unpaired) electrons. The van der Waals surface area contributed by atoms with Gasteiger partial charge in [-0.05, 0) is 41.6 Å². The number of halogens is 1. The molecule has 2 aromatic carbocycles. The van der Waals surface area contributed by atoms with Gasteiger partial charge in [0.1, 0.15) is 0 Å². The summed E-state index contributed by atoms with van der Waals surface area (Å²) in [6.45, 7) is 2.82. The highest BCUT2D eigenvalue weighted by Gasteiger charge is 2.16. The standard InChI is InChI=1S/C21H21ClN2OS/c1-15-4-8-17(9-5-15)21(19-3-2-12-26-19)24-14-20(25)23-13-16-6-10-18(22)11-7-16/h2-12,21,24H,13-14H2,1H3,(H,23,25)/t21-/m1/s1. The second kappa shape index (κ2) is 8.99. The molecule has 0 unspecified atom stereocenters. The molecule has 1 atom stereocenters. The van der Waals surface area contributed by atoms with Crippen LogP contribution in [0.4, 0.5) is 0 Å². The molecule has 1 aromatic heterocycles. The number of hydrogen-bond donors (Lipinski definition) is 2. The van der Waals surface area contributed by atoms with E-state index < -0.39 is 0 Å². The third kappa shape index (κ3) is 5.18. The first-order valence-electron chi connectivity index (χ1n) is 8.46. The van der Waals surface area contributed by atoms with Gasteiger partial charge in [-0.25, -0.2) is 0 Å². The molecule has 0 aliphatic rings. The molecule has 0 spiro atoms. The van der Waals surface area contributed by atoms with E-state index in [2.05, 4.69) is 53.3 Å². The van der Waals surface area contributed by atoms with E-state index in [-0.39, 0.29) is 18.5 Å². The number of aryl methyl sites for hydroxylation is 1. The molecule has 5 heteroatoms. The minimum absolute atomic E-state index is 0.0110. The maximum Gasteiger partial charge on any atom is 0.234 e. The molecule has 0 bridgehead atoms. The zero-order valence-electron chi connectivity index (χ0n) is 14.5. The summed E-state index contributed by atoms with van der Waals surface area (Å²) in [6.07, 6.45) is 0. The van der Waals surface area contributed by atoms with Crippen molar-refractivity contribution in [1.82, 2.24) is 10.6 Å². The number of thiophene rings is 1. The van der Waals surface area contributed by atoms with Crippen molar-refractivity contribution in [2.75, 3.05) is 6.54 Å². The van der Waals surface area contributed by atoms with Crippen molar-refractivity contribution >= 4 is 28.8 Å². The van der Waals surface area contributed by atoms with Gasteiger partial charge in [-0.15, -0.1) is 11.3 Å². The number of benzene rings is 2. The second-order valence-electron chi connectivity index (χ2n) is 6.14. The summed E-state index contributed by atoms with van der Waals surface area (Å²) < 4.78 is 0. The minimum Gasteiger partial charge on any atom is -0.351 e. The van der Waals surface area contributed by atoms with Gasteiger partial charge in [0.15, 0.2) is 0 Å². The third-order valence-electron chi connectivity index (χ3n) is 4.11. The van der Waals surface area contributed by atoms with Crippen LogP contribution >= 0.6 is 22.9 Å². The normalized spacial score (nSPS) is 11.9. The number of rotatable bonds is 7. The van der Waals surface area contributed by atoms with Crippen LogP contribution in [0.2, 0.25) is 5.02 Å². The first kappa shape index (κ1) is 18.6. The maximum absolute atomic E-state index is 12.2. The Labute approximate surface area is 163 Å². The Morgan fingerprint density at radius 2 is 1.81 bits per heavy atom. The van der Waals surface area contributed by atoms with Gasteiger partial charge in [-0.3, -0.25) is 10.1 Å². The number of carbonyl (C=O) groups excluding carboxylic acids is 1. The van der Waals surface area contributed by atoms with Gasteiger partial charge in [0.2, 0.25) is 5.91 Å². The predicted molar refractivity (Wildman–Crippen MR) is 109 cm³/mol. The van der Waals surface area contributed by atoms with Crippen LogP contribution < -0.4 is 10.6 Å². The van der Waals surface area contributed by atoms with Crippen molar-refractivity contribution in [2.45, 2.75) is 19.5 Å². The molecule has 3 rings (SSSR count). The van der Waals surface area contributed by atoms with Gasteiger partial charge in [0, 0.05) is 16.4 Å². The van der Waals surface area contributed by atoms with Crippen LogP contribution in [0, 0.1) is 6.92 Å². The molecule has 0 aliphatic heterocycles. The molecule has 0 fully saturated rings. The molecule has 0 aliphatic carbocycles. The first-order chi connectivity index (χ1) is 12.6. The van der Waals surface area contributed by atoms with Crippen molar-refractivity contribution in [3.05, 3.63) is 92.6 Å². The Balaban J connectivity index is 1.59. The summed E-state index contributed by atoms with van der Waals surface area (Å²) >= 11 is 7.57. The smallest absolute Gasteiger partial charge is 0.234 e. The SMILES string of the molecule is Cc1ccc([C@@H](NCC(=O)NCc2ccc(Cl)cc2)c2cccs2)cc1. The molecule has 134 valence electrons. The third-order valence-corrected chi connectivity index (χ3v) is 5.30. The van der Waals surface area contributed by atoms with Crippen molar-refractivity contribution in [2.24, 2.45) is 0 Å². The summed E-state index contributed by atoms with van der Waals surface area (Å²) in [6, 6.07) is 20.0. The lowest BCUT2D eigenvalue weighted by Crippen LogP contribution is -2.35. The first-order valence-corrected chi connectivity index (χ1v) is 9.72. The van der Waals surface area contributed by atoms with Gasteiger partial charge in [0.05, 0.1) is 12.6 Å². The Hall–Kier alpha value is -2.14. The summed E-state index contributed by atoms with van der Waals surface area (Å²) in [5.74, 6) is -0.0337. The fraction of sp³-hybridized carbons (Fsp3) is 0.190. The number of hydrogen-bond acceptors (Lipinski definition) is 3. The summed E-state index contributed by atoms with van der Waals surface area (Å²) in [5, 5.41) is 9.07. The van der Waals surface area contributed by atoms with E-state index in [1.54, 1.807) is 11.3 Å². The molecule has 1 heterocycles. The Morgan fingerprint density at radius 1 is 1.08 bits per heavy atom.